The number of methoxy groups -OCH3 is 1. The lowest BCUT2D eigenvalue weighted by Gasteiger charge is -2.46. The fourth-order valence-electron chi connectivity index (χ4n) is 3.42. The zero-order valence-corrected chi connectivity index (χ0v) is 12.5. The van der Waals surface area contributed by atoms with Gasteiger partial charge in [-0.25, -0.2) is 0 Å². The minimum absolute atomic E-state index is 0.108. The second-order valence-corrected chi connectivity index (χ2v) is 5.91. The Morgan fingerprint density at radius 2 is 1.89 bits per heavy atom. The quantitative estimate of drug-likeness (QED) is 0.857. The number of ether oxygens (including phenoxy) is 1. The van der Waals surface area contributed by atoms with Crippen molar-refractivity contribution in [3.05, 3.63) is 28.8 Å². The van der Waals surface area contributed by atoms with Crippen LogP contribution in [0.4, 0.5) is 0 Å². The molecule has 19 heavy (non-hydrogen) atoms. The number of hydrogen-bond acceptors (Lipinski definition) is 3. The van der Waals surface area contributed by atoms with Crippen molar-refractivity contribution in [1.29, 1.82) is 0 Å². The summed E-state index contributed by atoms with van der Waals surface area (Å²) >= 11 is 0. The van der Waals surface area contributed by atoms with E-state index in [9.17, 15) is 0 Å². The van der Waals surface area contributed by atoms with Crippen LogP contribution in [0.1, 0.15) is 42.0 Å². The Bertz CT molecular complexity index is 429. The molecule has 3 N–H and O–H groups in total. The van der Waals surface area contributed by atoms with Crippen molar-refractivity contribution in [2.24, 2.45) is 11.1 Å². The van der Waals surface area contributed by atoms with E-state index in [1.807, 2.05) is 7.05 Å². The molecule has 0 radical (unpaired) electrons. The van der Waals surface area contributed by atoms with Crippen LogP contribution in [-0.4, -0.2) is 20.7 Å². The lowest BCUT2D eigenvalue weighted by atomic mass is 9.62. The van der Waals surface area contributed by atoms with Gasteiger partial charge in [-0.3, -0.25) is 0 Å². The highest BCUT2D eigenvalue weighted by Crippen LogP contribution is 2.49. The summed E-state index contributed by atoms with van der Waals surface area (Å²) in [5.41, 5.74) is 10.4. The number of hydrogen-bond donors (Lipinski definition) is 2. The number of nitrogens with one attached hydrogen (secondary N) is 1. The highest BCUT2D eigenvalue weighted by atomic mass is 16.5. The fraction of sp³-hybridized carbons (Fsp3) is 0.625. The third-order valence-corrected chi connectivity index (χ3v) is 4.58. The van der Waals surface area contributed by atoms with E-state index in [2.05, 4.69) is 31.3 Å². The Morgan fingerprint density at radius 1 is 1.32 bits per heavy atom. The van der Waals surface area contributed by atoms with Gasteiger partial charge in [0.2, 0.25) is 0 Å². The Morgan fingerprint density at radius 3 is 2.26 bits per heavy atom. The lowest BCUT2D eigenvalue weighted by molar-refractivity contribution is 0.0947. The maximum Gasteiger partial charge on any atom is 0.124 e. The van der Waals surface area contributed by atoms with Gasteiger partial charge in [-0.2, -0.15) is 0 Å². The summed E-state index contributed by atoms with van der Waals surface area (Å²) in [7, 11) is 3.74. The van der Waals surface area contributed by atoms with Crippen LogP contribution >= 0.6 is 0 Å². The molecule has 1 aromatic carbocycles. The average molecular weight is 262 g/mol. The largest absolute Gasteiger partial charge is 0.496 e. The molecule has 0 saturated heterocycles. The van der Waals surface area contributed by atoms with E-state index in [0.29, 0.717) is 0 Å². The summed E-state index contributed by atoms with van der Waals surface area (Å²) in [6.45, 7) is 5.18. The summed E-state index contributed by atoms with van der Waals surface area (Å²) in [6, 6.07) is 4.48. The first-order chi connectivity index (χ1) is 9.04. The van der Waals surface area contributed by atoms with E-state index in [1.54, 1.807) is 7.11 Å². The molecule has 0 amide bonds. The third kappa shape index (κ3) is 2.49. The summed E-state index contributed by atoms with van der Waals surface area (Å²) in [6.07, 6.45) is 3.74. The van der Waals surface area contributed by atoms with Crippen molar-refractivity contribution >= 4 is 0 Å². The van der Waals surface area contributed by atoms with Gasteiger partial charge in [0.15, 0.2) is 0 Å². The minimum Gasteiger partial charge on any atom is -0.496 e. The van der Waals surface area contributed by atoms with Crippen LogP contribution in [0, 0.1) is 19.3 Å². The van der Waals surface area contributed by atoms with Gasteiger partial charge in [0.25, 0.3) is 0 Å². The van der Waals surface area contributed by atoms with Crippen molar-refractivity contribution in [2.45, 2.75) is 39.2 Å². The molecule has 1 atom stereocenters. The molecule has 3 heteroatoms. The molecule has 0 bridgehead atoms. The van der Waals surface area contributed by atoms with E-state index >= 15 is 0 Å². The molecule has 1 unspecified atom stereocenters. The second kappa shape index (κ2) is 5.51. The highest BCUT2D eigenvalue weighted by molar-refractivity contribution is 5.44. The minimum atomic E-state index is 0.108. The number of aryl methyl sites for hydroxylation is 2. The molecule has 3 nitrogen and oxygen atoms in total. The first-order valence-corrected chi connectivity index (χ1v) is 7.09. The normalized spacial score (nSPS) is 18.8. The van der Waals surface area contributed by atoms with E-state index in [0.717, 1.165) is 12.3 Å². The van der Waals surface area contributed by atoms with Crippen LogP contribution in [-0.2, 0) is 0 Å². The number of nitrogens with two attached hydrogens (primary N) is 1. The summed E-state index contributed by atoms with van der Waals surface area (Å²) in [5, 5.41) is 3.31. The van der Waals surface area contributed by atoms with Gasteiger partial charge < -0.3 is 15.8 Å². The Balaban J connectivity index is 2.31. The van der Waals surface area contributed by atoms with E-state index in [-0.39, 0.29) is 11.5 Å². The van der Waals surface area contributed by atoms with Gasteiger partial charge in [0.1, 0.15) is 5.75 Å². The molecule has 0 heterocycles. The molecule has 1 aromatic rings. The summed E-state index contributed by atoms with van der Waals surface area (Å²) in [5.74, 6) is 0.979. The molecule has 1 saturated carbocycles. The van der Waals surface area contributed by atoms with Gasteiger partial charge >= 0.3 is 0 Å². The van der Waals surface area contributed by atoms with Crippen molar-refractivity contribution in [2.75, 3.05) is 20.7 Å². The van der Waals surface area contributed by atoms with Crippen LogP contribution in [0.3, 0.4) is 0 Å². The molecular formula is C16H26N2O. The molecule has 0 aromatic heterocycles. The van der Waals surface area contributed by atoms with Gasteiger partial charge in [-0.05, 0) is 50.4 Å². The van der Waals surface area contributed by atoms with Crippen LogP contribution < -0.4 is 15.8 Å². The van der Waals surface area contributed by atoms with E-state index in [4.69, 9.17) is 10.5 Å². The van der Waals surface area contributed by atoms with Gasteiger partial charge in [-0.1, -0.05) is 18.6 Å². The van der Waals surface area contributed by atoms with E-state index < -0.39 is 0 Å². The molecule has 1 aliphatic carbocycles. The maximum atomic E-state index is 6.57. The molecule has 106 valence electrons. The number of rotatable bonds is 5. The molecule has 1 aliphatic rings. The number of benzene rings is 1. The van der Waals surface area contributed by atoms with Gasteiger partial charge in [-0.15, -0.1) is 0 Å². The fourth-order valence-corrected chi connectivity index (χ4v) is 3.42. The molecule has 1 fully saturated rings. The topological polar surface area (TPSA) is 47.3 Å². The van der Waals surface area contributed by atoms with Crippen LogP contribution in [0.15, 0.2) is 12.1 Å². The zero-order chi connectivity index (χ0) is 14.0. The van der Waals surface area contributed by atoms with Crippen LogP contribution in [0.25, 0.3) is 0 Å². The maximum absolute atomic E-state index is 6.57. The van der Waals surface area contributed by atoms with Crippen LogP contribution in [0.2, 0.25) is 0 Å². The van der Waals surface area contributed by atoms with Crippen molar-refractivity contribution in [3.8, 4) is 5.75 Å². The Hall–Kier alpha value is -1.06. The monoisotopic (exact) mass is 262 g/mol. The first kappa shape index (κ1) is 14.4. The SMILES string of the molecule is CNCC1(C(N)c2cc(C)c(OC)c(C)c2)CCC1. The van der Waals surface area contributed by atoms with Crippen molar-refractivity contribution < 1.29 is 4.74 Å². The highest BCUT2D eigenvalue weighted by Gasteiger charge is 2.42. The first-order valence-electron chi connectivity index (χ1n) is 7.09. The molecule has 0 aliphatic heterocycles. The van der Waals surface area contributed by atoms with Crippen LogP contribution in [0.5, 0.6) is 5.75 Å². The summed E-state index contributed by atoms with van der Waals surface area (Å²) < 4.78 is 5.43. The molecule has 0 spiro atoms. The second-order valence-electron chi connectivity index (χ2n) is 5.91. The average Bonchev–Trinajstić information content (AvgIpc) is 2.32. The van der Waals surface area contributed by atoms with E-state index in [1.165, 1.54) is 36.0 Å². The predicted octanol–water partition coefficient (Wildman–Crippen LogP) is 2.70. The molecule has 2 rings (SSSR count). The van der Waals surface area contributed by atoms with Crippen molar-refractivity contribution in [3.63, 3.8) is 0 Å². The smallest absolute Gasteiger partial charge is 0.124 e. The zero-order valence-electron chi connectivity index (χ0n) is 12.5. The molecular weight excluding hydrogens is 236 g/mol. The third-order valence-electron chi connectivity index (χ3n) is 4.58. The van der Waals surface area contributed by atoms with Crippen molar-refractivity contribution in [1.82, 2.24) is 5.32 Å². The van der Waals surface area contributed by atoms with Gasteiger partial charge in [0, 0.05) is 18.0 Å². The summed E-state index contributed by atoms with van der Waals surface area (Å²) in [4.78, 5) is 0. The standard InChI is InChI=1S/C16H26N2O/c1-11-8-13(9-12(2)14(11)19-4)15(17)16(10-18-3)6-5-7-16/h8-9,15,18H,5-7,10,17H2,1-4H3. The van der Waals surface area contributed by atoms with Gasteiger partial charge in [0.05, 0.1) is 7.11 Å². The Kier molecular flexibility index (Phi) is 4.16. The lowest BCUT2D eigenvalue weighted by Crippen LogP contribution is -2.47. The predicted molar refractivity (Wildman–Crippen MR) is 79.6 cm³/mol. The Labute approximate surface area is 116 Å².